The molecule has 18 heavy (non-hydrogen) atoms. The molecule has 3 nitrogen and oxygen atoms in total. The van der Waals surface area contributed by atoms with Gasteiger partial charge in [-0.15, -0.1) is 0 Å². The van der Waals surface area contributed by atoms with Crippen LogP contribution in [-0.4, -0.2) is 10.8 Å². The fraction of sp³-hybridized carbons (Fsp3) is 0.200. The van der Waals surface area contributed by atoms with Gasteiger partial charge in [0.15, 0.2) is 5.78 Å². The summed E-state index contributed by atoms with van der Waals surface area (Å²) >= 11 is 0. The van der Waals surface area contributed by atoms with Crippen molar-refractivity contribution in [2.75, 3.05) is 5.32 Å². The SMILES string of the molecule is CC(=O)[C@@H]1Nc2ncccc2Cc2ccccc21. The Kier molecular flexibility index (Phi) is 2.59. The minimum atomic E-state index is -0.294. The predicted octanol–water partition coefficient (Wildman–Crippen LogP) is 2.73. The maximum absolute atomic E-state index is 11.8. The maximum Gasteiger partial charge on any atom is 0.156 e. The van der Waals surface area contributed by atoms with Gasteiger partial charge in [-0.3, -0.25) is 4.79 Å². The number of fused-ring (bicyclic) bond motifs is 2. The zero-order valence-corrected chi connectivity index (χ0v) is 10.2. The number of pyridine rings is 1. The molecule has 0 amide bonds. The van der Waals surface area contributed by atoms with Gasteiger partial charge in [0.05, 0.1) is 0 Å². The lowest BCUT2D eigenvalue weighted by atomic mass is 9.96. The molecule has 2 heterocycles. The molecule has 1 aliphatic rings. The van der Waals surface area contributed by atoms with E-state index >= 15 is 0 Å². The normalized spacial score (nSPS) is 17.1. The molecule has 3 heteroatoms. The quantitative estimate of drug-likeness (QED) is 0.830. The number of rotatable bonds is 1. The summed E-state index contributed by atoms with van der Waals surface area (Å²) in [5.41, 5.74) is 3.38. The predicted molar refractivity (Wildman–Crippen MR) is 70.5 cm³/mol. The van der Waals surface area contributed by atoms with Crippen molar-refractivity contribution in [3.63, 3.8) is 0 Å². The van der Waals surface area contributed by atoms with Crippen LogP contribution in [0, 0.1) is 0 Å². The van der Waals surface area contributed by atoms with Crippen LogP contribution in [0.3, 0.4) is 0 Å². The molecule has 0 saturated carbocycles. The van der Waals surface area contributed by atoms with Crippen LogP contribution in [0.15, 0.2) is 42.6 Å². The maximum atomic E-state index is 11.8. The van der Waals surface area contributed by atoms with Gasteiger partial charge in [0.25, 0.3) is 0 Å². The van der Waals surface area contributed by atoms with Crippen molar-refractivity contribution in [1.29, 1.82) is 0 Å². The van der Waals surface area contributed by atoms with Crippen LogP contribution in [-0.2, 0) is 11.2 Å². The van der Waals surface area contributed by atoms with Crippen LogP contribution in [0.2, 0.25) is 0 Å². The molecule has 1 aromatic carbocycles. The molecular weight excluding hydrogens is 224 g/mol. The smallest absolute Gasteiger partial charge is 0.156 e. The number of anilines is 1. The molecular formula is C15H14N2O. The summed E-state index contributed by atoms with van der Waals surface area (Å²) in [7, 11) is 0. The van der Waals surface area contributed by atoms with Gasteiger partial charge in [0, 0.05) is 12.6 Å². The Hall–Kier alpha value is -2.16. The first-order chi connectivity index (χ1) is 8.75. The van der Waals surface area contributed by atoms with E-state index in [1.807, 2.05) is 24.3 Å². The number of hydrogen-bond acceptors (Lipinski definition) is 3. The van der Waals surface area contributed by atoms with Crippen molar-refractivity contribution < 1.29 is 4.79 Å². The molecule has 0 fully saturated rings. The summed E-state index contributed by atoms with van der Waals surface area (Å²) in [4.78, 5) is 16.2. The standard InChI is InChI=1S/C15H14N2O/c1-10(18)14-13-7-3-2-5-11(13)9-12-6-4-8-16-15(12)17-14/h2-8,14H,9H2,1H3,(H,16,17)/t14-/m0/s1. The summed E-state index contributed by atoms with van der Waals surface area (Å²) in [6.07, 6.45) is 2.56. The molecule has 1 N–H and O–H groups in total. The number of nitrogens with zero attached hydrogens (tertiary/aromatic N) is 1. The zero-order chi connectivity index (χ0) is 12.5. The van der Waals surface area contributed by atoms with E-state index in [1.165, 1.54) is 5.56 Å². The average Bonchev–Trinajstić information content (AvgIpc) is 2.55. The van der Waals surface area contributed by atoms with Crippen LogP contribution >= 0.6 is 0 Å². The second-order valence-corrected chi connectivity index (χ2v) is 4.57. The third kappa shape index (κ3) is 1.78. The number of Topliss-reactive ketones (excluding diaryl/α,β-unsaturated/α-hetero) is 1. The molecule has 0 radical (unpaired) electrons. The third-order valence-electron chi connectivity index (χ3n) is 3.33. The molecule has 0 bridgehead atoms. The van der Waals surface area contributed by atoms with Gasteiger partial charge in [0.1, 0.15) is 11.9 Å². The van der Waals surface area contributed by atoms with E-state index in [1.54, 1.807) is 13.1 Å². The minimum absolute atomic E-state index is 0.112. The highest BCUT2D eigenvalue weighted by Gasteiger charge is 2.24. The number of carbonyl (C=O) groups is 1. The number of ketones is 1. The van der Waals surface area contributed by atoms with Crippen LogP contribution in [0.5, 0.6) is 0 Å². The molecule has 0 saturated heterocycles. The van der Waals surface area contributed by atoms with Crippen LogP contribution < -0.4 is 5.32 Å². The average molecular weight is 238 g/mol. The van der Waals surface area contributed by atoms with Gasteiger partial charge in [-0.25, -0.2) is 4.98 Å². The van der Waals surface area contributed by atoms with Crippen LogP contribution in [0.25, 0.3) is 0 Å². The molecule has 3 rings (SSSR count). The van der Waals surface area contributed by atoms with Crippen LogP contribution in [0.1, 0.15) is 29.7 Å². The van der Waals surface area contributed by atoms with E-state index < -0.39 is 0 Å². The van der Waals surface area contributed by atoms with Crippen molar-refractivity contribution in [3.05, 3.63) is 59.3 Å². The van der Waals surface area contributed by atoms with Crippen molar-refractivity contribution >= 4 is 11.6 Å². The highest BCUT2D eigenvalue weighted by atomic mass is 16.1. The van der Waals surface area contributed by atoms with Crippen molar-refractivity contribution in [2.24, 2.45) is 0 Å². The second-order valence-electron chi connectivity index (χ2n) is 4.57. The van der Waals surface area contributed by atoms with Crippen molar-refractivity contribution in [3.8, 4) is 0 Å². The monoisotopic (exact) mass is 238 g/mol. The molecule has 0 unspecified atom stereocenters. The first-order valence-corrected chi connectivity index (χ1v) is 6.04. The van der Waals surface area contributed by atoms with E-state index in [-0.39, 0.29) is 11.8 Å². The van der Waals surface area contributed by atoms with Gasteiger partial charge in [-0.2, -0.15) is 0 Å². The number of hydrogen-bond donors (Lipinski definition) is 1. The molecule has 90 valence electrons. The molecule has 0 aliphatic carbocycles. The highest BCUT2D eigenvalue weighted by Crippen LogP contribution is 2.30. The Morgan fingerprint density at radius 2 is 2.00 bits per heavy atom. The minimum Gasteiger partial charge on any atom is -0.356 e. The van der Waals surface area contributed by atoms with Crippen molar-refractivity contribution in [2.45, 2.75) is 19.4 Å². The van der Waals surface area contributed by atoms with Crippen molar-refractivity contribution in [1.82, 2.24) is 4.98 Å². The first-order valence-electron chi connectivity index (χ1n) is 6.04. The number of carbonyl (C=O) groups excluding carboxylic acids is 1. The van der Waals surface area contributed by atoms with Gasteiger partial charge in [-0.1, -0.05) is 30.3 Å². The number of benzene rings is 1. The summed E-state index contributed by atoms with van der Waals surface area (Å²) < 4.78 is 0. The van der Waals surface area contributed by atoms with Crippen LogP contribution in [0.4, 0.5) is 5.82 Å². The summed E-state index contributed by atoms with van der Waals surface area (Å²) in [6, 6.07) is 11.8. The molecule has 2 aromatic rings. The van der Waals surface area contributed by atoms with Gasteiger partial charge < -0.3 is 5.32 Å². The Bertz CT molecular complexity index is 607. The van der Waals surface area contributed by atoms with Gasteiger partial charge in [0.2, 0.25) is 0 Å². The summed E-state index contributed by atoms with van der Waals surface area (Å²) in [6.45, 7) is 1.61. The summed E-state index contributed by atoms with van der Waals surface area (Å²) in [5, 5.41) is 3.25. The lowest BCUT2D eigenvalue weighted by Gasteiger charge is -2.16. The molecule has 1 atom stereocenters. The lowest BCUT2D eigenvalue weighted by molar-refractivity contribution is -0.117. The topological polar surface area (TPSA) is 42.0 Å². The molecule has 1 aliphatic heterocycles. The van der Waals surface area contributed by atoms with E-state index in [9.17, 15) is 4.79 Å². The largest absolute Gasteiger partial charge is 0.356 e. The Labute approximate surface area is 106 Å². The highest BCUT2D eigenvalue weighted by molar-refractivity contribution is 5.86. The molecule has 1 aromatic heterocycles. The fourth-order valence-electron chi connectivity index (χ4n) is 2.43. The number of nitrogens with one attached hydrogen (secondary N) is 1. The second kappa shape index (κ2) is 4.26. The van der Waals surface area contributed by atoms with E-state index in [0.29, 0.717) is 0 Å². The lowest BCUT2D eigenvalue weighted by Crippen LogP contribution is -2.19. The van der Waals surface area contributed by atoms with E-state index in [4.69, 9.17) is 0 Å². The van der Waals surface area contributed by atoms with Gasteiger partial charge in [-0.05, 0) is 29.7 Å². The zero-order valence-electron chi connectivity index (χ0n) is 10.2. The van der Waals surface area contributed by atoms with E-state index in [0.717, 1.165) is 23.4 Å². The number of aromatic nitrogens is 1. The fourth-order valence-corrected chi connectivity index (χ4v) is 2.43. The Morgan fingerprint density at radius 1 is 1.22 bits per heavy atom. The molecule has 0 spiro atoms. The summed E-state index contributed by atoms with van der Waals surface area (Å²) in [5.74, 6) is 0.926. The van der Waals surface area contributed by atoms with E-state index in [2.05, 4.69) is 22.4 Å². The first kappa shape index (κ1) is 11.0. The van der Waals surface area contributed by atoms with Gasteiger partial charge >= 0.3 is 0 Å². The Morgan fingerprint density at radius 3 is 2.83 bits per heavy atom. The Balaban J connectivity index is 2.17. The third-order valence-corrected chi connectivity index (χ3v) is 3.33.